The van der Waals surface area contributed by atoms with Gasteiger partial charge in [0.15, 0.2) is 5.15 Å². The average Bonchev–Trinajstić information content (AvgIpc) is 2.04. The zero-order chi connectivity index (χ0) is 7.68. The van der Waals surface area contributed by atoms with E-state index in [0.717, 1.165) is 12.2 Å². The Morgan fingerprint density at radius 3 is 3.36 bits per heavy atom. The highest BCUT2D eigenvalue weighted by Crippen LogP contribution is 2.24. The second kappa shape index (κ2) is 2.54. The quantitative estimate of drug-likeness (QED) is 0.631. The predicted molar refractivity (Wildman–Crippen MR) is 41.0 cm³/mol. The number of rotatable bonds is 0. The first kappa shape index (κ1) is 6.67. The molecule has 1 aliphatic rings. The van der Waals surface area contributed by atoms with Crippen molar-refractivity contribution in [2.75, 3.05) is 18.5 Å². The first-order valence-electron chi connectivity index (χ1n) is 3.26. The Balaban J connectivity index is 2.43. The van der Waals surface area contributed by atoms with Gasteiger partial charge in [-0.25, -0.2) is 0 Å². The minimum atomic E-state index is 0.377. The fourth-order valence-corrected chi connectivity index (χ4v) is 1.07. The molecule has 0 radical (unpaired) electrons. The summed E-state index contributed by atoms with van der Waals surface area (Å²) in [6.07, 6.45) is 0. The molecular weight excluding hydrogens is 166 g/mol. The minimum Gasteiger partial charge on any atom is -0.473 e. The van der Waals surface area contributed by atoms with Gasteiger partial charge in [-0.2, -0.15) is 0 Å². The summed E-state index contributed by atoms with van der Waals surface area (Å²) in [5.41, 5.74) is 0.816. The van der Waals surface area contributed by atoms with Crippen LogP contribution < -0.4 is 10.1 Å². The van der Waals surface area contributed by atoms with Crippen molar-refractivity contribution in [2.24, 2.45) is 0 Å². The van der Waals surface area contributed by atoms with E-state index in [1.807, 2.05) is 0 Å². The highest BCUT2D eigenvalue weighted by atomic mass is 35.5. The SMILES string of the molecule is Clc1cc2c(nn1)OCCN2. The number of nitrogens with one attached hydrogen (secondary N) is 1. The highest BCUT2D eigenvalue weighted by Gasteiger charge is 2.11. The van der Waals surface area contributed by atoms with E-state index in [4.69, 9.17) is 16.3 Å². The van der Waals surface area contributed by atoms with E-state index in [2.05, 4.69) is 15.5 Å². The molecule has 1 aromatic rings. The molecule has 0 saturated carbocycles. The Bertz CT molecular complexity index is 279. The van der Waals surface area contributed by atoms with E-state index in [9.17, 15) is 0 Å². The zero-order valence-corrected chi connectivity index (χ0v) is 6.43. The topological polar surface area (TPSA) is 47.0 Å². The Kier molecular flexibility index (Phi) is 1.54. The molecule has 0 atom stereocenters. The molecule has 1 aromatic heterocycles. The van der Waals surface area contributed by atoms with Crippen LogP contribution in [0.2, 0.25) is 5.15 Å². The van der Waals surface area contributed by atoms with Gasteiger partial charge in [-0.3, -0.25) is 0 Å². The first-order chi connectivity index (χ1) is 5.36. The molecule has 0 fully saturated rings. The lowest BCUT2D eigenvalue weighted by Gasteiger charge is -2.16. The molecule has 1 N–H and O–H groups in total. The number of anilines is 1. The Labute approximate surface area is 68.5 Å². The van der Waals surface area contributed by atoms with Crippen LogP contribution in [0, 0.1) is 0 Å². The molecule has 0 spiro atoms. The van der Waals surface area contributed by atoms with Crippen molar-refractivity contribution in [3.63, 3.8) is 0 Å². The minimum absolute atomic E-state index is 0.377. The third-order valence-electron chi connectivity index (χ3n) is 1.39. The molecule has 0 amide bonds. The molecule has 0 unspecified atom stereocenters. The number of nitrogens with zero attached hydrogens (tertiary/aromatic N) is 2. The number of fused-ring (bicyclic) bond motifs is 1. The molecule has 2 rings (SSSR count). The lowest BCUT2D eigenvalue weighted by atomic mass is 10.4. The Morgan fingerprint density at radius 1 is 1.55 bits per heavy atom. The number of halogens is 1. The van der Waals surface area contributed by atoms with Crippen molar-refractivity contribution >= 4 is 17.3 Å². The van der Waals surface area contributed by atoms with Gasteiger partial charge in [0.1, 0.15) is 12.3 Å². The summed E-state index contributed by atoms with van der Waals surface area (Å²) < 4.78 is 5.18. The molecule has 2 heterocycles. The summed E-state index contributed by atoms with van der Waals surface area (Å²) in [4.78, 5) is 0. The van der Waals surface area contributed by atoms with Crippen LogP contribution in [0.3, 0.4) is 0 Å². The maximum atomic E-state index is 5.61. The molecule has 11 heavy (non-hydrogen) atoms. The second-order valence-corrected chi connectivity index (χ2v) is 2.55. The fourth-order valence-electron chi connectivity index (χ4n) is 0.923. The molecule has 0 aliphatic carbocycles. The van der Waals surface area contributed by atoms with E-state index in [-0.39, 0.29) is 0 Å². The van der Waals surface area contributed by atoms with Crippen LogP contribution in [0.1, 0.15) is 0 Å². The molecular formula is C6H6ClN3O. The van der Waals surface area contributed by atoms with Crippen molar-refractivity contribution in [1.29, 1.82) is 0 Å². The number of hydrogen-bond donors (Lipinski definition) is 1. The lowest BCUT2D eigenvalue weighted by Crippen LogP contribution is -2.19. The van der Waals surface area contributed by atoms with E-state index in [1.54, 1.807) is 6.07 Å². The van der Waals surface area contributed by atoms with Gasteiger partial charge in [-0.05, 0) is 0 Å². The maximum Gasteiger partial charge on any atom is 0.257 e. The number of aromatic nitrogens is 2. The lowest BCUT2D eigenvalue weighted by molar-refractivity contribution is 0.306. The van der Waals surface area contributed by atoms with Gasteiger partial charge < -0.3 is 10.1 Å². The van der Waals surface area contributed by atoms with Crippen molar-refractivity contribution < 1.29 is 4.74 Å². The van der Waals surface area contributed by atoms with Gasteiger partial charge >= 0.3 is 0 Å². The maximum absolute atomic E-state index is 5.61. The van der Waals surface area contributed by atoms with E-state index < -0.39 is 0 Å². The third-order valence-corrected chi connectivity index (χ3v) is 1.57. The number of ether oxygens (including phenoxy) is 1. The standard InChI is InChI=1S/C6H6ClN3O/c7-5-3-4-6(10-9-5)11-2-1-8-4/h3,8H,1-2H2. The van der Waals surface area contributed by atoms with Gasteiger partial charge in [0.25, 0.3) is 5.88 Å². The van der Waals surface area contributed by atoms with Crippen LogP contribution in [0.5, 0.6) is 5.88 Å². The molecule has 4 nitrogen and oxygen atoms in total. The summed E-state index contributed by atoms with van der Waals surface area (Å²) in [6.45, 7) is 1.42. The van der Waals surface area contributed by atoms with E-state index >= 15 is 0 Å². The Morgan fingerprint density at radius 2 is 2.45 bits per heavy atom. The van der Waals surface area contributed by atoms with Crippen LogP contribution in [0.4, 0.5) is 5.69 Å². The Hall–Kier alpha value is -1.03. The van der Waals surface area contributed by atoms with Crippen LogP contribution in [-0.2, 0) is 0 Å². The summed E-state index contributed by atoms with van der Waals surface area (Å²) in [6, 6.07) is 1.70. The first-order valence-corrected chi connectivity index (χ1v) is 3.64. The van der Waals surface area contributed by atoms with Crippen LogP contribution in [-0.4, -0.2) is 23.3 Å². The molecule has 0 aromatic carbocycles. The molecule has 0 saturated heterocycles. The van der Waals surface area contributed by atoms with Crippen molar-refractivity contribution in [2.45, 2.75) is 0 Å². The van der Waals surface area contributed by atoms with E-state index in [0.29, 0.717) is 17.6 Å². The van der Waals surface area contributed by atoms with Gasteiger partial charge in [-0.1, -0.05) is 11.6 Å². The van der Waals surface area contributed by atoms with E-state index in [1.165, 1.54) is 0 Å². The van der Waals surface area contributed by atoms with Gasteiger partial charge in [0.05, 0.1) is 0 Å². The monoisotopic (exact) mass is 171 g/mol. The number of hydrogen-bond acceptors (Lipinski definition) is 4. The molecule has 0 bridgehead atoms. The molecule has 1 aliphatic heterocycles. The van der Waals surface area contributed by atoms with Gasteiger partial charge in [-0.15, -0.1) is 10.2 Å². The summed E-state index contributed by atoms with van der Waals surface area (Å²) in [7, 11) is 0. The molecule has 58 valence electrons. The largest absolute Gasteiger partial charge is 0.473 e. The highest BCUT2D eigenvalue weighted by molar-refractivity contribution is 6.29. The zero-order valence-electron chi connectivity index (χ0n) is 5.67. The fraction of sp³-hybridized carbons (Fsp3) is 0.333. The van der Waals surface area contributed by atoms with Crippen molar-refractivity contribution in [1.82, 2.24) is 10.2 Å². The van der Waals surface area contributed by atoms with Crippen LogP contribution in [0.25, 0.3) is 0 Å². The van der Waals surface area contributed by atoms with Crippen molar-refractivity contribution in [3.8, 4) is 5.88 Å². The predicted octanol–water partition coefficient (Wildman–Crippen LogP) is 0.934. The van der Waals surface area contributed by atoms with Crippen molar-refractivity contribution in [3.05, 3.63) is 11.2 Å². The second-order valence-electron chi connectivity index (χ2n) is 2.16. The van der Waals surface area contributed by atoms with Gasteiger partial charge in [0.2, 0.25) is 0 Å². The van der Waals surface area contributed by atoms with Crippen LogP contribution in [0.15, 0.2) is 6.07 Å². The third kappa shape index (κ3) is 1.21. The average molecular weight is 172 g/mol. The summed E-state index contributed by atoms with van der Waals surface area (Å²) in [5, 5.41) is 10.9. The molecule has 5 heteroatoms. The van der Waals surface area contributed by atoms with Gasteiger partial charge in [0, 0.05) is 12.6 Å². The van der Waals surface area contributed by atoms with Crippen LogP contribution >= 0.6 is 11.6 Å². The smallest absolute Gasteiger partial charge is 0.257 e. The normalized spacial score (nSPS) is 14.6. The summed E-state index contributed by atoms with van der Waals surface area (Å²) >= 11 is 5.61. The summed E-state index contributed by atoms with van der Waals surface area (Å²) in [5.74, 6) is 0.528.